The third-order valence-electron chi connectivity index (χ3n) is 7.12. The molecule has 0 bridgehead atoms. The SMILES string of the molecule is CF.Cc1ncnn1-c1cc(C(CO)N2C(=O)[C@@](CC(C)(C)C)(c3ccc(-c4ccn(C)n4)cc3F)N=C2N)ccc1Cl. The Bertz CT molecular complexity index is 1660. The zero-order valence-electron chi connectivity index (χ0n) is 24.9. The molecule has 3 heterocycles. The maximum absolute atomic E-state index is 15.9. The summed E-state index contributed by atoms with van der Waals surface area (Å²) < 4.78 is 28.6. The number of guanidine groups is 1. The average molecular weight is 613 g/mol. The molecule has 1 unspecified atom stereocenters. The largest absolute Gasteiger partial charge is 0.394 e. The van der Waals surface area contributed by atoms with Crippen molar-refractivity contribution in [1.29, 1.82) is 0 Å². The summed E-state index contributed by atoms with van der Waals surface area (Å²) in [4.78, 5) is 24.5. The van der Waals surface area contributed by atoms with Gasteiger partial charge in [-0.1, -0.05) is 50.6 Å². The van der Waals surface area contributed by atoms with Gasteiger partial charge >= 0.3 is 0 Å². The molecule has 0 saturated carbocycles. The number of hydrogen-bond acceptors (Lipinski definition) is 7. The van der Waals surface area contributed by atoms with Crippen LogP contribution in [0.25, 0.3) is 16.9 Å². The Morgan fingerprint density at radius 3 is 2.42 bits per heavy atom. The van der Waals surface area contributed by atoms with E-state index < -0.39 is 35.3 Å². The Labute approximate surface area is 253 Å². The van der Waals surface area contributed by atoms with Crippen LogP contribution in [0.2, 0.25) is 5.02 Å². The van der Waals surface area contributed by atoms with Crippen LogP contribution in [0.5, 0.6) is 0 Å². The maximum Gasteiger partial charge on any atom is 0.262 e. The van der Waals surface area contributed by atoms with E-state index in [0.29, 0.717) is 40.5 Å². The molecule has 43 heavy (non-hydrogen) atoms. The van der Waals surface area contributed by atoms with Crippen LogP contribution in [0, 0.1) is 18.2 Å². The fourth-order valence-electron chi connectivity index (χ4n) is 5.41. The summed E-state index contributed by atoms with van der Waals surface area (Å²) in [6.07, 6.45) is 3.36. The number of carbonyl (C=O) groups excluding carboxylic acids is 1. The molecule has 13 heteroatoms. The second-order valence-electron chi connectivity index (χ2n) is 11.4. The highest BCUT2D eigenvalue weighted by Crippen LogP contribution is 2.46. The number of nitrogens with zero attached hydrogens (tertiary/aromatic N) is 7. The first-order valence-corrected chi connectivity index (χ1v) is 13.9. The molecule has 0 aliphatic carbocycles. The molecular formula is C30H35ClF2N8O2. The van der Waals surface area contributed by atoms with E-state index >= 15 is 4.39 Å². The van der Waals surface area contributed by atoms with Crippen LogP contribution in [0.3, 0.4) is 0 Å². The van der Waals surface area contributed by atoms with Crippen molar-refractivity contribution in [3.8, 4) is 16.9 Å². The Morgan fingerprint density at radius 2 is 1.86 bits per heavy atom. The third-order valence-corrected chi connectivity index (χ3v) is 7.44. The molecule has 1 aliphatic heterocycles. The predicted molar refractivity (Wildman–Crippen MR) is 161 cm³/mol. The van der Waals surface area contributed by atoms with E-state index in [2.05, 4.69) is 20.2 Å². The lowest BCUT2D eigenvalue weighted by Gasteiger charge is -2.34. The molecule has 2 aromatic heterocycles. The number of alkyl halides is 1. The molecule has 0 spiro atoms. The molecule has 3 N–H and O–H groups in total. The summed E-state index contributed by atoms with van der Waals surface area (Å²) in [7, 11) is 2.28. The van der Waals surface area contributed by atoms with Gasteiger partial charge in [0.15, 0.2) is 11.5 Å². The number of nitrogens with two attached hydrogens (primary N) is 1. The van der Waals surface area contributed by atoms with E-state index in [0.717, 1.165) is 0 Å². The summed E-state index contributed by atoms with van der Waals surface area (Å²) in [5.41, 5.74) is 6.71. The fourth-order valence-corrected chi connectivity index (χ4v) is 5.60. The second kappa shape index (κ2) is 12.2. The molecule has 0 fully saturated rings. The van der Waals surface area contributed by atoms with Crippen LogP contribution < -0.4 is 5.73 Å². The number of aliphatic hydroxyl groups is 1. The first kappa shape index (κ1) is 31.8. The predicted octanol–water partition coefficient (Wildman–Crippen LogP) is 4.88. The van der Waals surface area contributed by atoms with E-state index in [1.165, 1.54) is 17.3 Å². The Morgan fingerprint density at radius 1 is 1.14 bits per heavy atom. The topological polar surface area (TPSA) is 127 Å². The van der Waals surface area contributed by atoms with Gasteiger partial charge in [0, 0.05) is 24.4 Å². The van der Waals surface area contributed by atoms with Gasteiger partial charge in [-0.3, -0.25) is 18.8 Å². The molecule has 2 atom stereocenters. The van der Waals surface area contributed by atoms with Crippen molar-refractivity contribution in [2.45, 2.75) is 45.7 Å². The number of amides is 1. The van der Waals surface area contributed by atoms with Crippen molar-refractivity contribution < 1.29 is 18.7 Å². The zero-order chi connectivity index (χ0) is 31.7. The van der Waals surface area contributed by atoms with Gasteiger partial charge in [0.2, 0.25) is 0 Å². The van der Waals surface area contributed by atoms with E-state index in [4.69, 9.17) is 17.3 Å². The van der Waals surface area contributed by atoms with Gasteiger partial charge in [-0.2, -0.15) is 10.2 Å². The van der Waals surface area contributed by atoms with E-state index in [1.807, 2.05) is 20.8 Å². The summed E-state index contributed by atoms with van der Waals surface area (Å²) >= 11 is 6.47. The smallest absolute Gasteiger partial charge is 0.262 e. The van der Waals surface area contributed by atoms with Crippen LogP contribution >= 0.6 is 11.6 Å². The van der Waals surface area contributed by atoms with Gasteiger partial charge in [-0.15, -0.1) is 0 Å². The molecule has 228 valence electrons. The lowest BCUT2D eigenvalue weighted by molar-refractivity contribution is -0.135. The van der Waals surface area contributed by atoms with Crippen molar-refractivity contribution in [3.05, 3.63) is 82.8 Å². The van der Waals surface area contributed by atoms with Crippen molar-refractivity contribution in [2.75, 3.05) is 13.8 Å². The van der Waals surface area contributed by atoms with Crippen LogP contribution in [0.15, 0.2) is 60.0 Å². The maximum atomic E-state index is 15.9. The van der Waals surface area contributed by atoms with Crippen LogP contribution in [0.4, 0.5) is 8.78 Å². The molecule has 4 aromatic rings. The quantitative estimate of drug-likeness (QED) is 0.306. The van der Waals surface area contributed by atoms with Gasteiger partial charge in [-0.05, 0) is 48.6 Å². The Hall–Kier alpha value is -4.16. The van der Waals surface area contributed by atoms with E-state index in [1.54, 1.807) is 65.9 Å². The monoisotopic (exact) mass is 612 g/mol. The van der Waals surface area contributed by atoms with Crippen molar-refractivity contribution in [3.63, 3.8) is 0 Å². The standard InChI is InChI=1S/C29H32ClFN8O2.CH3F/c1-17-33-16-34-39(17)24-13-19(7-9-21(24)30)25(14-40)38-26(41)29(35-27(38)32,15-28(2,3)4)20-8-6-18(12-22(20)31)23-10-11-37(5)36-23;1-2/h6-13,16,25,40H,14-15H2,1-5H3,(H2,32,35);1H3/t25?,29-;/m1./s1. The zero-order valence-corrected chi connectivity index (χ0v) is 25.6. The van der Waals surface area contributed by atoms with Gasteiger partial charge < -0.3 is 10.8 Å². The minimum Gasteiger partial charge on any atom is -0.394 e. The second-order valence-corrected chi connectivity index (χ2v) is 11.8. The summed E-state index contributed by atoms with van der Waals surface area (Å²) in [6, 6.07) is 10.6. The van der Waals surface area contributed by atoms with Crippen LogP contribution in [-0.4, -0.2) is 60.2 Å². The number of aromatic nitrogens is 5. The van der Waals surface area contributed by atoms with Gasteiger partial charge in [-0.25, -0.2) is 19.0 Å². The molecule has 2 aromatic carbocycles. The molecule has 1 aliphatic rings. The van der Waals surface area contributed by atoms with E-state index in [9.17, 15) is 14.3 Å². The Kier molecular flexibility index (Phi) is 9.02. The molecular weight excluding hydrogens is 578 g/mol. The van der Waals surface area contributed by atoms with E-state index in [-0.39, 0.29) is 17.9 Å². The molecule has 10 nitrogen and oxygen atoms in total. The highest BCUT2D eigenvalue weighted by Gasteiger charge is 2.54. The lowest BCUT2D eigenvalue weighted by atomic mass is 9.75. The van der Waals surface area contributed by atoms with Gasteiger partial charge in [0.1, 0.15) is 18.0 Å². The first-order chi connectivity index (χ1) is 20.3. The minimum atomic E-state index is -1.64. The molecule has 5 rings (SSSR count). The summed E-state index contributed by atoms with van der Waals surface area (Å²) in [5, 5.41) is 19.5. The highest BCUT2D eigenvalue weighted by atomic mass is 35.5. The van der Waals surface area contributed by atoms with Crippen molar-refractivity contribution in [2.24, 2.45) is 23.2 Å². The molecule has 0 saturated heterocycles. The normalized spacial score (nSPS) is 17.5. The van der Waals surface area contributed by atoms with Crippen molar-refractivity contribution >= 4 is 23.5 Å². The number of hydrogen-bond donors (Lipinski definition) is 2. The first-order valence-electron chi connectivity index (χ1n) is 13.5. The number of rotatable bonds is 7. The number of aliphatic hydroxyl groups excluding tert-OH is 1. The summed E-state index contributed by atoms with van der Waals surface area (Å²) in [5.74, 6) is -0.626. The minimum absolute atomic E-state index is 0.106. The molecule has 0 radical (unpaired) electrons. The summed E-state index contributed by atoms with van der Waals surface area (Å²) in [6.45, 7) is 7.17. The Balaban J connectivity index is 0.00000207. The van der Waals surface area contributed by atoms with Crippen molar-refractivity contribution in [1.82, 2.24) is 29.4 Å². The van der Waals surface area contributed by atoms with Crippen LogP contribution in [-0.2, 0) is 17.4 Å². The number of aliphatic imine (C=N–C) groups is 1. The number of halogens is 3. The lowest BCUT2D eigenvalue weighted by Crippen LogP contribution is -2.47. The average Bonchev–Trinajstić information content (AvgIpc) is 3.64. The fraction of sp³-hybridized carbons (Fsp3) is 0.367. The highest BCUT2D eigenvalue weighted by molar-refractivity contribution is 6.32. The number of benzene rings is 2. The van der Waals surface area contributed by atoms with Gasteiger partial charge in [0.25, 0.3) is 5.91 Å². The number of aryl methyl sites for hydroxylation is 2. The van der Waals surface area contributed by atoms with Gasteiger partial charge in [0.05, 0.1) is 36.2 Å². The molecule has 1 amide bonds. The number of carbonyl (C=O) groups is 1. The third kappa shape index (κ3) is 6.02. The van der Waals surface area contributed by atoms with Crippen LogP contribution in [0.1, 0.15) is 50.2 Å².